The minimum atomic E-state index is -0.495. The van der Waals surface area contributed by atoms with Crippen LogP contribution in [0.1, 0.15) is 27.4 Å². The van der Waals surface area contributed by atoms with Gasteiger partial charge in [-0.1, -0.05) is 0 Å². The normalized spacial score (nSPS) is 13.8. The molecule has 0 radical (unpaired) electrons. The second-order valence-corrected chi connectivity index (χ2v) is 4.96. The molecule has 0 spiro atoms. The van der Waals surface area contributed by atoms with Crippen LogP contribution in [0.3, 0.4) is 0 Å². The van der Waals surface area contributed by atoms with Crippen molar-refractivity contribution in [2.24, 2.45) is 5.73 Å². The van der Waals surface area contributed by atoms with Gasteiger partial charge >= 0.3 is 0 Å². The summed E-state index contributed by atoms with van der Waals surface area (Å²) >= 11 is 0. The Morgan fingerprint density at radius 3 is 3.00 bits per heavy atom. The maximum Gasteiger partial charge on any atom is 0.267 e. The van der Waals surface area contributed by atoms with Crippen molar-refractivity contribution in [1.29, 1.82) is 0 Å². The predicted octanol–water partition coefficient (Wildman–Crippen LogP) is 1.20. The number of fused-ring (bicyclic) bond motifs is 1. The maximum absolute atomic E-state index is 11.5. The molecule has 0 bridgehead atoms. The zero-order valence-electron chi connectivity index (χ0n) is 11.3. The second-order valence-electron chi connectivity index (χ2n) is 4.96. The molecule has 0 saturated heterocycles. The number of nitrogens with zero attached hydrogens (tertiary/aromatic N) is 2. The van der Waals surface area contributed by atoms with Gasteiger partial charge in [-0.25, -0.2) is 4.98 Å². The summed E-state index contributed by atoms with van der Waals surface area (Å²) in [5, 5.41) is 3.27. The third-order valence-corrected chi connectivity index (χ3v) is 3.51. The molecule has 5 heteroatoms. The van der Waals surface area contributed by atoms with Crippen LogP contribution < -0.4 is 11.1 Å². The summed E-state index contributed by atoms with van der Waals surface area (Å²) in [5.41, 5.74) is 10.9. The van der Waals surface area contributed by atoms with Gasteiger partial charge in [-0.3, -0.25) is 9.78 Å². The Morgan fingerprint density at radius 2 is 2.25 bits per heavy atom. The lowest BCUT2D eigenvalue weighted by Crippen LogP contribution is -2.27. The molecular weight excluding hydrogens is 252 g/mol. The molecule has 0 fully saturated rings. The zero-order chi connectivity index (χ0) is 14.1. The molecule has 0 saturated carbocycles. The number of nitrogens with two attached hydrogens (primary N) is 1. The van der Waals surface area contributed by atoms with Crippen LogP contribution in [-0.4, -0.2) is 22.4 Å². The number of hydrogen-bond donors (Lipinski definition) is 2. The minimum Gasteiger partial charge on any atom is -0.364 e. The second kappa shape index (κ2) is 5.02. The molecule has 3 N–H and O–H groups in total. The predicted molar refractivity (Wildman–Crippen MR) is 76.1 cm³/mol. The molecule has 1 aliphatic heterocycles. The Labute approximate surface area is 117 Å². The number of hydrogen-bond acceptors (Lipinski definition) is 4. The van der Waals surface area contributed by atoms with Crippen LogP contribution in [0.15, 0.2) is 24.4 Å². The van der Waals surface area contributed by atoms with Gasteiger partial charge in [0, 0.05) is 18.4 Å². The van der Waals surface area contributed by atoms with Crippen LogP contribution in [-0.2, 0) is 13.0 Å². The first kappa shape index (κ1) is 12.7. The fourth-order valence-electron chi connectivity index (χ4n) is 2.57. The van der Waals surface area contributed by atoms with Gasteiger partial charge < -0.3 is 11.1 Å². The van der Waals surface area contributed by atoms with Crippen molar-refractivity contribution in [3.05, 3.63) is 47.0 Å². The van der Waals surface area contributed by atoms with Crippen molar-refractivity contribution in [1.82, 2.24) is 15.3 Å². The zero-order valence-corrected chi connectivity index (χ0v) is 11.3. The fraction of sp³-hybridized carbons (Fsp3) is 0.267. The fourth-order valence-corrected chi connectivity index (χ4v) is 2.57. The van der Waals surface area contributed by atoms with E-state index in [2.05, 4.69) is 15.3 Å². The molecule has 0 atom stereocenters. The SMILES string of the molecule is Cc1cc(-c2cc(C(N)=O)nc3c2CCNC3)ccn1. The van der Waals surface area contributed by atoms with E-state index in [0.29, 0.717) is 12.2 Å². The van der Waals surface area contributed by atoms with Crippen LogP contribution in [0, 0.1) is 6.92 Å². The van der Waals surface area contributed by atoms with Crippen LogP contribution in [0.25, 0.3) is 11.1 Å². The first-order valence-corrected chi connectivity index (χ1v) is 6.61. The lowest BCUT2D eigenvalue weighted by molar-refractivity contribution is 0.0995. The van der Waals surface area contributed by atoms with Gasteiger partial charge in [0.15, 0.2) is 0 Å². The quantitative estimate of drug-likeness (QED) is 0.857. The van der Waals surface area contributed by atoms with Gasteiger partial charge in [0.25, 0.3) is 5.91 Å². The molecule has 102 valence electrons. The number of primary amides is 1. The van der Waals surface area contributed by atoms with Crippen LogP contribution >= 0.6 is 0 Å². The Balaban J connectivity index is 2.22. The number of pyridine rings is 2. The molecule has 0 aliphatic carbocycles. The van der Waals surface area contributed by atoms with E-state index in [1.807, 2.05) is 19.1 Å². The van der Waals surface area contributed by atoms with Crippen LogP contribution in [0.2, 0.25) is 0 Å². The number of carbonyl (C=O) groups is 1. The molecule has 0 aromatic carbocycles. The largest absolute Gasteiger partial charge is 0.364 e. The van der Waals surface area contributed by atoms with E-state index >= 15 is 0 Å². The Kier molecular flexibility index (Phi) is 3.20. The molecule has 3 rings (SSSR count). The lowest BCUT2D eigenvalue weighted by Gasteiger charge is -2.20. The van der Waals surface area contributed by atoms with Gasteiger partial charge in [0.2, 0.25) is 0 Å². The van der Waals surface area contributed by atoms with E-state index in [4.69, 9.17) is 5.73 Å². The van der Waals surface area contributed by atoms with Crippen molar-refractivity contribution >= 4 is 5.91 Å². The minimum absolute atomic E-state index is 0.317. The van der Waals surface area contributed by atoms with Crippen molar-refractivity contribution < 1.29 is 4.79 Å². The lowest BCUT2D eigenvalue weighted by atomic mass is 9.94. The van der Waals surface area contributed by atoms with Crippen molar-refractivity contribution in [3.8, 4) is 11.1 Å². The number of amides is 1. The smallest absolute Gasteiger partial charge is 0.267 e. The summed E-state index contributed by atoms with van der Waals surface area (Å²) < 4.78 is 0. The highest BCUT2D eigenvalue weighted by Gasteiger charge is 2.18. The summed E-state index contributed by atoms with van der Waals surface area (Å²) in [5.74, 6) is -0.495. The highest BCUT2D eigenvalue weighted by molar-refractivity contribution is 5.92. The van der Waals surface area contributed by atoms with Gasteiger partial charge in [-0.15, -0.1) is 0 Å². The number of carbonyl (C=O) groups excluding carboxylic acids is 1. The first-order valence-electron chi connectivity index (χ1n) is 6.61. The molecule has 0 unspecified atom stereocenters. The number of rotatable bonds is 2. The van der Waals surface area contributed by atoms with Gasteiger partial charge in [0.05, 0.1) is 5.69 Å². The average molecular weight is 268 g/mol. The third-order valence-electron chi connectivity index (χ3n) is 3.51. The monoisotopic (exact) mass is 268 g/mol. The number of aromatic nitrogens is 2. The van der Waals surface area contributed by atoms with E-state index in [1.54, 1.807) is 12.3 Å². The molecule has 3 heterocycles. The standard InChI is InChI=1S/C15H16N4O/c1-9-6-10(2-5-18-9)12-7-13(15(16)20)19-14-8-17-4-3-11(12)14/h2,5-7,17H,3-4,8H2,1H3,(H2,16,20). The highest BCUT2D eigenvalue weighted by Crippen LogP contribution is 2.28. The highest BCUT2D eigenvalue weighted by atomic mass is 16.1. The van der Waals surface area contributed by atoms with E-state index in [9.17, 15) is 4.79 Å². The number of nitrogens with one attached hydrogen (secondary N) is 1. The maximum atomic E-state index is 11.5. The molecule has 2 aromatic rings. The van der Waals surface area contributed by atoms with Crippen molar-refractivity contribution in [3.63, 3.8) is 0 Å². The van der Waals surface area contributed by atoms with E-state index in [1.165, 1.54) is 5.56 Å². The summed E-state index contributed by atoms with van der Waals surface area (Å²) in [6.45, 7) is 3.54. The summed E-state index contributed by atoms with van der Waals surface area (Å²) in [6.07, 6.45) is 2.68. The van der Waals surface area contributed by atoms with Crippen molar-refractivity contribution in [2.75, 3.05) is 6.54 Å². The molecule has 20 heavy (non-hydrogen) atoms. The van der Waals surface area contributed by atoms with E-state index in [-0.39, 0.29) is 0 Å². The molecule has 1 amide bonds. The topological polar surface area (TPSA) is 80.9 Å². The first-order chi connectivity index (χ1) is 9.65. The van der Waals surface area contributed by atoms with Crippen LogP contribution in [0.4, 0.5) is 0 Å². The van der Waals surface area contributed by atoms with E-state index < -0.39 is 5.91 Å². The molecular formula is C15H16N4O. The molecule has 5 nitrogen and oxygen atoms in total. The Hall–Kier alpha value is -2.27. The molecule has 2 aromatic heterocycles. The van der Waals surface area contributed by atoms with E-state index in [0.717, 1.165) is 35.5 Å². The number of aryl methyl sites for hydroxylation is 1. The van der Waals surface area contributed by atoms with Crippen molar-refractivity contribution in [2.45, 2.75) is 19.9 Å². The van der Waals surface area contributed by atoms with Gasteiger partial charge in [-0.2, -0.15) is 0 Å². The third kappa shape index (κ3) is 2.28. The van der Waals surface area contributed by atoms with Gasteiger partial charge in [-0.05, 0) is 54.8 Å². The Morgan fingerprint density at radius 1 is 1.40 bits per heavy atom. The Bertz CT molecular complexity index is 682. The van der Waals surface area contributed by atoms with Crippen LogP contribution in [0.5, 0.6) is 0 Å². The summed E-state index contributed by atoms with van der Waals surface area (Å²) in [7, 11) is 0. The van der Waals surface area contributed by atoms with Gasteiger partial charge in [0.1, 0.15) is 5.69 Å². The summed E-state index contributed by atoms with van der Waals surface area (Å²) in [6, 6.07) is 5.76. The molecule has 1 aliphatic rings. The summed E-state index contributed by atoms with van der Waals surface area (Å²) in [4.78, 5) is 20.0. The average Bonchev–Trinajstić information content (AvgIpc) is 2.46.